The number of halogens is 11. The van der Waals surface area contributed by atoms with Crippen molar-refractivity contribution < 1.29 is 53.0 Å². The average molecular weight is 498 g/mol. The van der Waals surface area contributed by atoms with E-state index in [4.69, 9.17) is 17.5 Å². The van der Waals surface area contributed by atoms with Crippen LogP contribution in [0.1, 0.15) is 17.5 Å². The molecule has 0 amide bonds. The fraction of sp³-hybridized carbons (Fsp3) is 0.412. The van der Waals surface area contributed by atoms with Crippen molar-refractivity contribution in [2.75, 3.05) is 6.54 Å². The summed E-state index contributed by atoms with van der Waals surface area (Å²) in [6.07, 6.45) is -19.2. The van der Waals surface area contributed by atoms with E-state index in [1.807, 2.05) is 0 Å². The third kappa shape index (κ3) is 4.32. The Labute approximate surface area is 177 Å². The van der Waals surface area contributed by atoms with E-state index >= 15 is 0 Å². The van der Waals surface area contributed by atoms with Crippen LogP contribution in [0.3, 0.4) is 0 Å². The standard InChI is InChI=1S/C17H9F11N2OS/c18-14(19,17(26,27)28)8-2-3-11-9(6-8)10(12(32)30-5-1-4-29)7-13(31-11,15(20,21)22)16(23,24)25/h2-3,6-7H,1,5H2,(H,30,32). The van der Waals surface area contributed by atoms with Crippen molar-refractivity contribution in [1.29, 1.82) is 5.26 Å². The molecule has 0 aliphatic carbocycles. The molecule has 176 valence electrons. The molecular weight excluding hydrogens is 489 g/mol. The Balaban J connectivity index is 2.77. The van der Waals surface area contributed by atoms with Crippen LogP contribution in [0.25, 0.3) is 5.57 Å². The number of thiocarbonyl (C=S) groups is 1. The monoisotopic (exact) mass is 498 g/mol. The first-order valence-corrected chi connectivity index (χ1v) is 8.60. The summed E-state index contributed by atoms with van der Waals surface area (Å²) < 4.78 is 151. The lowest BCUT2D eigenvalue weighted by atomic mass is 9.89. The van der Waals surface area contributed by atoms with Gasteiger partial charge in [0.1, 0.15) is 10.7 Å². The second kappa shape index (κ2) is 8.05. The molecular formula is C17H9F11N2OS. The number of nitriles is 1. The Bertz CT molecular complexity index is 957. The van der Waals surface area contributed by atoms with Gasteiger partial charge in [-0.25, -0.2) is 0 Å². The van der Waals surface area contributed by atoms with E-state index in [-0.39, 0.29) is 31.2 Å². The Morgan fingerprint density at radius 3 is 2.03 bits per heavy atom. The number of rotatable bonds is 4. The van der Waals surface area contributed by atoms with Crippen LogP contribution in [0, 0.1) is 11.3 Å². The molecule has 0 saturated carbocycles. The maximum Gasteiger partial charge on any atom is 0.458 e. The number of hydrogen-bond donors (Lipinski definition) is 1. The third-order valence-electron chi connectivity index (χ3n) is 4.22. The van der Waals surface area contributed by atoms with Gasteiger partial charge in [0, 0.05) is 23.2 Å². The molecule has 1 aromatic carbocycles. The molecule has 0 unspecified atom stereocenters. The predicted molar refractivity (Wildman–Crippen MR) is 90.7 cm³/mol. The summed E-state index contributed by atoms with van der Waals surface area (Å²) in [6, 6.07) is 1.79. The minimum atomic E-state index is -6.12. The molecule has 1 aliphatic heterocycles. The number of alkyl halides is 11. The van der Waals surface area contributed by atoms with Gasteiger partial charge in [0.15, 0.2) is 0 Å². The van der Waals surface area contributed by atoms with Gasteiger partial charge in [-0.05, 0) is 24.3 Å². The topological polar surface area (TPSA) is 45.0 Å². The number of nitrogens with zero attached hydrogens (tertiary/aromatic N) is 1. The lowest BCUT2D eigenvalue weighted by molar-refractivity contribution is -0.338. The first-order valence-electron chi connectivity index (χ1n) is 8.19. The summed E-state index contributed by atoms with van der Waals surface area (Å²) in [6.45, 7) is -0.355. The molecule has 1 aliphatic rings. The van der Waals surface area contributed by atoms with Crippen molar-refractivity contribution in [3.8, 4) is 11.8 Å². The zero-order valence-corrected chi connectivity index (χ0v) is 16.0. The maximum atomic E-state index is 13.7. The van der Waals surface area contributed by atoms with Gasteiger partial charge < -0.3 is 10.1 Å². The molecule has 32 heavy (non-hydrogen) atoms. The highest BCUT2D eigenvalue weighted by atomic mass is 32.1. The highest BCUT2D eigenvalue weighted by Gasteiger charge is 2.73. The second-order valence-corrected chi connectivity index (χ2v) is 6.75. The van der Waals surface area contributed by atoms with E-state index in [1.54, 1.807) is 6.07 Å². The summed E-state index contributed by atoms with van der Waals surface area (Å²) in [4.78, 5) is -0.852. The van der Waals surface area contributed by atoms with E-state index in [1.165, 1.54) is 0 Å². The Hall–Kier alpha value is -2.63. The summed E-state index contributed by atoms with van der Waals surface area (Å²) in [7, 11) is 0. The molecule has 15 heteroatoms. The van der Waals surface area contributed by atoms with Crippen molar-refractivity contribution >= 4 is 22.8 Å². The smallest absolute Gasteiger partial charge is 0.458 e. The van der Waals surface area contributed by atoms with E-state index in [2.05, 4.69) is 10.1 Å². The number of ether oxygens (including phenoxy) is 1. The highest BCUT2D eigenvalue weighted by molar-refractivity contribution is 7.81. The van der Waals surface area contributed by atoms with Crippen molar-refractivity contribution in [1.82, 2.24) is 5.32 Å². The van der Waals surface area contributed by atoms with Gasteiger partial charge in [-0.3, -0.25) is 0 Å². The van der Waals surface area contributed by atoms with Crippen molar-refractivity contribution in [3.63, 3.8) is 0 Å². The molecule has 0 aromatic heterocycles. The molecule has 1 N–H and O–H groups in total. The van der Waals surface area contributed by atoms with Crippen molar-refractivity contribution in [2.45, 2.75) is 36.5 Å². The van der Waals surface area contributed by atoms with Crippen molar-refractivity contribution in [3.05, 3.63) is 35.4 Å². The lowest BCUT2D eigenvalue weighted by Gasteiger charge is -2.39. The molecule has 2 rings (SSSR count). The van der Waals surface area contributed by atoms with Gasteiger partial charge in [-0.2, -0.15) is 53.6 Å². The van der Waals surface area contributed by atoms with E-state index in [0.29, 0.717) is 0 Å². The van der Waals surface area contributed by atoms with Crippen LogP contribution in [-0.2, 0) is 5.92 Å². The average Bonchev–Trinajstić information content (AvgIpc) is 2.64. The minimum Gasteiger partial charge on any atom is -0.464 e. The van der Waals surface area contributed by atoms with Gasteiger partial charge in [-0.1, -0.05) is 12.2 Å². The minimum absolute atomic E-state index is 0.00106. The number of benzene rings is 1. The van der Waals surface area contributed by atoms with E-state index in [0.717, 1.165) is 0 Å². The molecule has 0 saturated heterocycles. The molecule has 0 bridgehead atoms. The molecule has 3 nitrogen and oxygen atoms in total. The fourth-order valence-corrected chi connectivity index (χ4v) is 2.90. The Morgan fingerprint density at radius 2 is 1.56 bits per heavy atom. The molecule has 1 aromatic rings. The second-order valence-electron chi connectivity index (χ2n) is 6.34. The number of fused-ring (bicyclic) bond motifs is 1. The Morgan fingerprint density at radius 1 is 1.00 bits per heavy atom. The summed E-state index contributed by atoms with van der Waals surface area (Å²) in [5.74, 6) is -6.76. The molecule has 0 fully saturated rings. The van der Waals surface area contributed by atoms with Crippen LogP contribution in [0.2, 0.25) is 0 Å². The fourth-order valence-electron chi connectivity index (χ4n) is 2.63. The predicted octanol–water partition coefficient (Wildman–Crippen LogP) is 5.81. The highest BCUT2D eigenvalue weighted by Crippen LogP contribution is 2.53. The van der Waals surface area contributed by atoms with Gasteiger partial charge in [-0.15, -0.1) is 0 Å². The van der Waals surface area contributed by atoms with Gasteiger partial charge in [0.2, 0.25) is 0 Å². The Kier molecular flexibility index (Phi) is 6.45. The first-order chi connectivity index (χ1) is 14.4. The largest absolute Gasteiger partial charge is 0.464 e. The third-order valence-corrected chi connectivity index (χ3v) is 4.58. The number of nitrogens with one attached hydrogen (secondary N) is 1. The van der Waals surface area contributed by atoms with Crippen LogP contribution < -0.4 is 10.1 Å². The lowest BCUT2D eigenvalue weighted by Crippen LogP contribution is -2.61. The summed E-state index contributed by atoms with van der Waals surface area (Å²) in [5, 5.41) is 10.7. The first kappa shape index (κ1) is 25.6. The molecule has 0 spiro atoms. The SMILES string of the molecule is N#CCCNC(=S)C1=CC(C(F)(F)F)(C(F)(F)F)Oc2ccc(C(F)(F)C(F)(F)F)cc21. The number of hydrogen-bond acceptors (Lipinski definition) is 3. The van der Waals surface area contributed by atoms with Crippen LogP contribution in [0.15, 0.2) is 24.3 Å². The van der Waals surface area contributed by atoms with Gasteiger partial charge in [0.05, 0.1) is 12.5 Å². The zero-order chi connectivity index (χ0) is 24.8. The quantitative estimate of drug-likeness (QED) is 0.324. The maximum absolute atomic E-state index is 13.7. The molecule has 0 atom stereocenters. The van der Waals surface area contributed by atoms with E-state index in [9.17, 15) is 48.3 Å². The van der Waals surface area contributed by atoms with Crippen LogP contribution in [0.5, 0.6) is 5.75 Å². The van der Waals surface area contributed by atoms with Crippen molar-refractivity contribution in [2.24, 2.45) is 0 Å². The van der Waals surface area contributed by atoms with E-state index < -0.39 is 63.6 Å². The molecule has 1 heterocycles. The normalized spacial score (nSPS) is 16.4. The zero-order valence-electron chi connectivity index (χ0n) is 15.1. The summed E-state index contributed by atoms with van der Waals surface area (Å²) in [5.41, 5.74) is -8.82. The van der Waals surface area contributed by atoms with Gasteiger partial charge in [0.25, 0.3) is 0 Å². The molecule has 0 radical (unpaired) electrons. The summed E-state index contributed by atoms with van der Waals surface area (Å²) >= 11 is 4.73. The van der Waals surface area contributed by atoms with Crippen LogP contribution in [0.4, 0.5) is 48.3 Å². The van der Waals surface area contributed by atoms with Gasteiger partial charge >= 0.3 is 30.1 Å². The van der Waals surface area contributed by atoms with Crippen LogP contribution >= 0.6 is 12.2 Å². The van der Waals surface area contributed by atoms with Crippen LogP contribution in [-0.4, -0.2) is 35.7 Å².